The number of aromatic nitrogens is 2. The summed E-state index contributed by atoms with van der Waals surface area (Å²) in [5.41, 5.74) is 1.04. The predicted octanol–water partition coefficient (Wildman–Crippen LogP) is 3.90. The summed E-state index contributed by atoms with van der Waals surface area (Å²) in [6.07, 6.45) is 3.61. The monoisotopic (exact) mass is 411 g/mol. The molecule has 0 saturated carbocycles. The van der Waals surface area contributed by atoms with Crippen molar-refractivity contribution in [3.8, 4) is 17.4 Å². The van der Waals surface area contributed by atoms with Crippen molar-refractivity contribution in [1.82, 2.24) is 20.6 Å². The van der Waals surface area contributed by atoms with Crippen molar-refractivity contribution in [3.63, 3.8) is 0 Å². The molecule has 7 nitrogen and oxygen atoms in total. The Morgan fingerprint density at radius 1 is 1.07 bits per heavy atom. The van der Waals surface area contributed by atoms with Gasteiger partial charge in [0.05, 0.1) is 13.2 Å². The van der Waals surface area contributed by atoms with Gasteiger partial charge in [-0.15, -0.1) is 11.3 Å². The molecule has 0 fully saturated rings. The lowest BCUT2D eigenvalue weighted by Crippen LogP contribution is -2.36. The van der Waals surface area contributed by atoms with Crippen LogP contribution in [0.25, 0.3) is 0 Å². The van der Waals surface area contributed by atoms with Crippen molar-refractivity contribution in [2.45, 2.75) is 26.9 Å². The molecule has 8 heteroatoms. The Labute approximate surface area is 174 Å². The van der Waals surface area contributed by atoms with Gasteiger partial charge in [0.1, 0.15) is 16.5 Å². The maximum absolute atomic E-state index is 5.85. The molecule has 2 aromatic heterocycles. The van der Waals surface area contributed by atoms with Crippen molar-refractivity contribution >= 4 is 17.3 Å². The summed E-state index contributed by atoms with van der Waals surface area (Å²) in [6.45, 7) is 5.88. The lowest BCUT2D eigenvalue weighted by molar-refractivity contribution is 0.339. The van der Waals surface area contributed by atoms with Crippen LogP contribution in [0, 0.1) is 6.92 Å². The van der Waals surface area contributed by atoms with Gasteiger partial charge in [-0.1, -0.05) is 0 Å². The first kappa shape index (κ1) is 20.6. The number of nitrogens with zero attached hydrogens (tertiary/aromatic N) is 3. The molecule has 0 atom stereocenters. The number of hydrogen-bond acceptors (Lipinski definition) is 6. The SMILES string of the molecule is CCOc1ccc(Oc2cc(CNC(=NC)NCc3ncc(C)s3)ccn2)cc1. The molecule has 0 aliphatic heterocycles. The molecule has 3 aromatic rings. The molecule has 1 aromatic carbocycles. The fourth-order valence-corrected chi connectivity index (χ4v) is 3.28. The molecule has 3 rings (SSSR count). The van der Waals surface area contributed by atoms with Crippen LogP contribution in [0.4, 0.5) is 0 Å². The Kier molecular flexibility index (Phi) is 7.40. The molecule has 0 spiro atoms. The Hall–Kier alpha value is -3.13. The lowest BCUT2D eigenvalue weighted by atomic mass is 10.2. The summed E-state index contributed by atoms with van der Waals surface area (Å²) in [7, 11) is 1.75. The van der Waals surface area contributed by atoms with Gasteiger partial charge in [-0.2, -0.15) is 0 Å². The summed E-state index contributed by atoms with van der Waals surface area (Å²) >= 11 is 1.67. The predicted molar refractivity (Wildman–Crippen MR) is 116 cm³/mol. The van der Waals surface area contributed by atoms with Crippen molar-refractivity contribution in [1.29, 1.82) is 0 Å². The number of hydrogen-bond donors (Lipinski definition) is 2. The largest absolute Gasteiger partial charge is 0.494 e. The molecule has 2 N–H and O–H groups in total. The zero-order chi connectivity index (χ0) is 20.5. The van der Waals surface area contributed by atoms with E-state index in [0.717, 1.165) is 16.3 Å². The first-order valence-corrected chi connectivity index (χ1v) is 10.2. The average molecular weight is 412 g/mol. The number of ether oxygens (including phenoxy) is 2. The van der Waals surface area contributed by atoms with Crippen molar-refractivity contribution in [2.75, 3.05) is 13.7 Å². The fourth-order valence-electron chi connectivity index (χ4n) is 2.56. The number of benzene rings is 1. The van der Waals surface area contributed by atoms with Crippen molar-refractivity contribution in [3.05, 3.63) is 64.2 Å². The molecule has 152 valence electrons. The van der Waals surface area contributed by atoms with E-state index in [2.05, 4.69) is 25.6 Å². The van der Waals surface area contributed by atoms with E-state index < -0.39 is 0 Å². The summed E-state index contributed by atoms with van der Waals surface area (Å²) in [5.74, 6) is 2.78. The third kappa shape index (κ3) is 6.46. The molecule has 0 unspecified atom stereocenters. The topological polar surface area (TPSA) is 80.7 Å². The maximum Gasteiger partial charge on any atom is 0.219 e. The van der Waals surface area contributed by atoms with Gasteiger partial charge in [0.2, 0.25) is 5.88 Å². The first-order valence-electron chi connectivity index (χ1n) is 9.37. The van der Waals surface area contributed by atoms with E-state index in [1.165, 1.54) is 4.88 Å². The van der Waals surface area contributed by atoms with E-state index >= 15 is 0 Å². The smallest absolute Gasteiger partial charge is 0.219 e. The highest BCUT2D eigenvalue weighted by Crippen LogP contribution is 2.23. The third-order valence-corrected chi connectivity index (χ3v) is 4.83. The number of aliphatic imine (C=N–C) groups is 1. The van der Waals surface area contributed by atoms with Crippen LogP contribution in [0.1, 0.15) is 22.4 Å². The van der Waals surface area contributed by atoms with Gasteiger partial charge in [-0.25, -0.2) is 9.97 Å². The number of aryl methyl sites for hydroxylation is 1. The molecule has 0 amide bonds. The average Bonchev–Trinajstić information content (AvgIpc) is 3.15. The number of rotatable bonds is 8. The molecule has 0 aliphatic rings. The van der Waals surface area contributed by atoms with Crippen molar-refractivity contribution in [2.24, 2.45) is 4.99 Å². The lowest BCUT2D eigenvalue weighted by Gasteiger charge is -2.12. The summed E-state index contributed by atoms with van der Waals surface area (Å²) in [6, 6.07) is 11.3. The Morgan fingerprint density at radius 2 is 1.83 bits per heavy atom. The highest BCUT2D eigenvalue weighted by atomic mass is 32.1. The van der Waals surface area contributed by atoms with E-state index in [4.69, 9.17) is 9.47 Å². The maximum atomic E-state index is 5.85. The Balaban J connectivity index is 1.53. The third-order valence-electron chi connectivity index (χ3n) is 3.92. The molecule has 0 saturated heterocycles. The standard InChI is InChI=1S/C21H25N5O2S/c1-4-27-17-5-7-18(8-6-17)28-19-11-16(9-10-23-19)13-25-21(22-3)26-14-20-24-12-15(2)29-20/h5-12H,4,13-14H2,1-3H3,(H2,22,25,26). The van der Waals surface area contributed by atoms with E-state index in [0.29, 0.717) is 37.3 Å². The molecule has 0 bridgehead atoms. The van der Waals surface area contributed by atoms with E-state index in [9.17, 15) is 0 Å². The first-order chi connectivity index (χ1) is 14.2. The van der Waals surface area contributed by atoms with Gasteiger partial charge in [0.25, 0.3) is 0 Å². The van der Waals surface area contributed by atoms with Crippen LogP contribution in [0.15, 0.2) is 53.8 Å². The minimum absolute atomic E-state index is 0.537. The second-order valence-electron chi connectivity index (χ2n) is 6.15. The molecule has 2 heterocycles. The molecular formula is C21H25N5O2S. The second-order valence-corrected chi connectivity index (χ2v) is 7.47. The summed E-state index contributed by atoms with van der Waals surface area (Å²) in [5, 5.41) is 7.59. The number of pyridine rings is 1. The fraction of sp³-hybridized carbons (Fsp3) is 0.286. The molecule has 0 aliphatic carbocycles. The van der Waals surface area contributed by atoms with Gasteiger partial charge in [0, 0.05) is 36.9 Å². The van der Waals surface area contributed by atoms with E-state index in [-0.39, 0.29) is 0 Å². The number of nitrogens with one attached hydrogen (secondary N) is 2. The Morgan fingerprint density at radius 3 is 2.52 bits per heavy atom. The van der Waals surface area contributed by atoms with Gasteiger partial charge < -0.3 is 20.1 Å². The minimum atomic E-state index is 0.537. The van der Waals surface area contributed by atoms with E-state index in [1.54, 1.807) is 24.6 Å². The van der Waals surface area contributed by atoms with Crippen LogP contribution in [0.3, 0.4) is 0 Å². The van der Waals surface area contributed by atoms with Crippen LogP contribution in [0.5, 0.6) is 17.4 Å². The quantitative estimate of drug-likeness (QED) is 0.432. The normalized spacial score (nSPS) is 11.2. The zero-order valence-corrected chi connectivity index (χ0v) is 17.6. The van der Waals surface area contributed by atoms with Crippen LogP contribution < -0.4 is 20.1 Å². The summed E-state index contributed by atoms with van der Waals surface area (Å²) < 4.78 is 11.3. The second kappa shape index (κ2) is 10.4. The van der Waals surface area contributed by atoms with Crippen LogP contribution in [-0.2, 0) is 13.1 Å². The van der Waals surface area contributed by atoms with Crippen LogP contribution >= 0.6 is 11.3 Å². The highest BCUT2D eigenvalue weighted by molar-refractivity contribution is 7.11. The van der Waals surface area contributed by atoms with Gasteiger partial charge in [0.15, 0.2) is 5.96 Å². The zero-order valence-electron chi connectivity index (χ0n) is 16.8. The Bertz CT molecular complexity index is 940. The number of thiazole rings is 1. The minimum Gasteiger partial charge on any atom is -0.494 e. The summed E-state index contributed by atoms with van der Waals surface area (Å²) in [4.78, 5) is 14.1. The van der Waals surface area contributed by atoms with Crippen molar-refractivity contribution < 1.29 is 9.47 Å². The van der Waals surface area contributed by atoms with Crippen LogP contribution in [0.2, 0.25) is 0 Å². The molecular weight excluding hydrogens is 386 g/mol. The number of guanidine groups is 1. The van der Waals surface area contributed by atoms with Gasteiger partial charge >= 0.3 is 0 Å². The molecule has 29 heavy (non-hydrogen) atoms. The highest BCUT2D eigenvalue weighted by Gasteiger charge is 2.04. The van der Waals surface area contributed by atoms with E-state index in [1.807, 2.05) is 56.4 Å². The van der Waals surface area contributed by atoms with Gasteiger partial charge in [-0.05, 0) is 49.7 Å². The molecule has 0 radical (unpaired) electrons. The van der Waals surface area contributed by atoms with Crippen LogP contribution in [-0.4, -0.2) is 29.6 Å². The van der Waals surface area contributed by atoms with Gasteiger partial charge in [-0.3, -0.25) is 4.99 Å².